The fraction of sp³-hybridized carbons (Fsp3) is 1.00. The number of methoxy groups -OCH3 is 1. The third kappa shape index (κ3) is 2.25. The molecule has 0 aromatic heterocycles. The summed E-state index contributed by atoms with van der Waals surface area (Å²) in [6.07, 6.45) is 7.41. The molecule has 17 heavy (non-hydrogen) atoms. The highest BCUT2D eigenvalue weighted by atomic mass is 16.5. The molecule has 0 amide bonds. The Balaban J connectivity index is 2.09. The summed E-state index contributed by atoms with van der Waals surface area (Å²) >= 11 is 0. The molecule has 0 radical (unpaired) electrons. The zero-order valence-electron chi connectivity index (χ0n) is 11.2. The molecule has 0 aliphatic heterocycles. The molecule has 0 bridgehead atoms. The average molecular weight is 241 g/mol. The number of hydrogen-bond acceptors (Lipinski definition) is 3. The Morgan fingerprint density at radius 1 is 1.24 bits per heavy atom. The summed E-state index contributed by atoms with van der Waals surface area (Å²) in [6.45, 7) is 2.91. The Bertz CT molecular complexity index is 261. The molecule has 2 rings (SSSR count). The Labute approximate surface area is 105 Å². The van der Waals surface area contributed by atoms with Gasteiger partial charge in [0, 0.05) is 19.1 Å². The maximum atomic E-state index is 11.0. The first kappa shape index (κ1) is 13.3. The molecule has 0 heterocycles. The number of ether oxygens (including phenoxy) is 1. The van der Waals surface area contributed by atoms with E-state index in [1.165, 1.54) is 6.42 Å². The molecule has 0 spiro atoms. The lowest BCUT2D eigenvalue weighted by molar-refractivity contribution is -0.125. The Morgan fingerprint density at radius 3 is 2.29 bits per heavy atom. The number of aliphatic hydroxyl groups is 1. The standard InChI is InChI=1S/C14H27NO2/c1-11-3-6-13(9-11,10-15)14(16)7-4-12(17-2)5-8-14/h11-12,16H,3-10,15H2,1-2H3. The number of nitrogens with two attached hydrogens (primary N) is 1. The molecule has 0 aromatic rings. The molecule has 2 aliphatic rings. The first-order valence-electron chi connectivity index (χ1n) is 7.00. The van der Waals surface area contributed by atoms with Gasteiger partial charge in [-0.3, -0.25) is 0 Å². The maximum Gasteiger partial charge on any atom is 0.0717 e. The molecule has 0 saturated heterocycles. The van der Waals surface area contributed by atoms with Gasteiger partial charge in [0.1, 0.15) is 0 Å². The predicted molar refractivity (Wildman–Crippen MR) is 68.7 cm³/mol. The largest absolute Gasteiger partial charge is 0.389 e. The highest BCUT2D eigenvalue weighted by molar-refractivity contribution is 5.05. The normalized spacial score (nSPS) is 47.3. The number of hydrogen-bond donors (Lipinski definition) is 2. The molecule has 3 nitrogen and oxygen atoms in total. The molecule has 2 unspecified atom stereocenters. The summed E-state index contributed by atoms with van der Waals surface area (Å²) in [7, 11) is 1.77. The van der Waals surface area contributed by atoms with E-state index >= 15 is 0 Å². The molecule has 0 aromatic carbocycles. The second-order valence-corrected chi connectivity index (χ2v) is 6.30. The van der Waals surface area contributed by atoms with Gasteiger partial charge < -0.3 is 15.6 Å². The van der Waals surface area contributed by atoms with Crippen LogP contribution in [0.3, 0.4) is 0 Å². The predicted octanol–water partition coefficient (Wildman–Crippen LogP) is 2.07. The van der Waals surface area contributed by atoms with Crippen LogP contribution in [0.2, 0.25) is 0 Å². The van der Waals surface area contributed by atoms with E-state index in [9.17, 15) is 5.11 Å². The van der Waals surface area contributed by atoms with Crippen molar-refractivity contribution >= 4 is 0 Å². The average Bonchev–Trinajstić information content (AvgIpc) is 2.74. The lowest BCUT2D eigenvalue weighted by Gasteiger charge is -2.48. The van der Waals surface area contributed by atoms with Crippen LogP contribution in [0.1, 0.15) is 51.9 Å². The summed E-state index contributed by atoms with van der Waals surface area (Å²) < 4.78 is 5.39. The van der Waals surface area contributed by atoms with Crippen LogP contribution in [0.25, 0.3) is 0 Å². The van der Waals surface area contributed by atoms with Gasteiger partial charge in [-0.05, 0) is 44.4 Å². The topological polar surface area (TPSA) is 55.5 Å². The van der Waals surface area contributed by atoms with Crippen molar-refractivity contribution in [3.05, 3.63) is 0 Å². The van der Waals surface area contributed by atoms with E-state index in [1.54, 1.807) is 7.11 Å². The van der Waals surface area contributed by atoms with Crippen LogP contribution in [0.5, 0.6) is 0 Å². The highest BCUT2D eigenvalue weighted by Crippen LogP contribution is 2.53. The van der Waals surface area contributed by atoms with Gasteiger partial charge in [-0.1, -0.05) is 13.3 Å². The van der Waals surface area contributed by atoms with Crippen molar-refractivity contribution < 1.29 is 9.84 Å². The van der Waals surface area contributed by atoms with Crippen molar-refractivity contribution in [2.45, 2.75) is 63.6 Å². The Hall–Kier alpha value is -0.120. The lowest BCUT2D eigenvalue weighted by atomic mass is 9.63. The van der Waals surface area contributed by atoms with E-state index in [-0.39, 0.29) is 5.41 Å². The SMILES string of the molecule is COC1CCC(O)(C2(CN)CCC(C)C2)CC1. The van der Waals surface area contributed by atoms with Crippen LogP contribution in [0.4, 0.5) is 0 Å². The van der Waals surface area contributed by atoms with Crippen LogP contribution in [-0.2, 0) is 4.74 Å². The van der Waals surface area contributed by atoms with Gasteiger partial charge in [0.2, 0.25) is 0 Å². The van der Waals surface area contributed by atoms with Crippen molar-refractivity contribution in [3.8, 4) is 0 Å². The third-order valence-corrected chi connectivity index (χ3v) is 5.33. The third-order valence-electron chi connectivity index (χ3n) is 5.33. The molecule has 3 N–H and O–H groups in total. The van der Waals surface area contributed by atoms with Gasteiger partial charge in [-0.15, -0.1) is 0 Å². The van der Waals surface area contributed by atoms with Crippen molar-refractivity contribution in [3.63, 3.8) is 0 Å². The van der Waals surface area contributed by atoms with E-state index in [4.69, 9.17) is 10.5 Å². The lowest BCUT2D eigenvalue weighted by Crippen LogP contribution is -2.53. The second-order valence-electron chi connectivity index (χ2n) is 6.30. The Kier molecular flexibility index (Phi) is 3.81. The van der Waals surface area contributed by atoms with E-state index in [0.717, 1.165) is 38.5 Å². The van der Waals surface area contributed by atoms with Crippen molar-refractivity contribution in [2.75, 3.05) is 13.7 Å². The van der Waals surface area contributed by atoms with Gasteiger partial charge in [-0.2, -0.15) is 0 Å². The molecule has 2 aliphatic carbocycles. The molecule has 100 valence electrons. The van der Waals surface area contributed by atoms with E-state index in [0.29, 0.717) is 18.6 Å². The molecule has 3 heteroatoms. The molecule has 2 atom stereocenters. The highest BCUT2D eigenvalue weighted by Gasteiger charge is 2.53. The van der Waals surface area contributed by atoms with E-state index < -0.39 is 5.60 Å². The minimum absolute atomic E-state index is 0.0227. The zero-order valence-corrected chi connectivity index (χ0v) is 11.2. The van der Waals surface area contributed by atoms with Crippen molar-refractivity contribution in [2.24, 2.45) is 17.1 Å². The molecular weight excluding hydrogens is 214 g/mol. The van der Waals surface area contributed by atoms with Crippen LogP contribution in [0.15, 0.2) is 0 Å². The second kappa shape index (κ2) is 4.87. The van der Waals surface area contributed by atoms with Crippen LogP contribution >= 0.6 is 0 Å². The smallest absolute Gasteiger partial charge is 0.0717 e. The fourth-order valence-corrected chi connectivity index (χ4v) is 4.03. The van der Waals surface area contributed by atoms with E-state index in [1.807, 2.05) is 0 Å². The van der Waals surface area contributed by atoms with Gasteiger partial charge in [0.15, 0.2) is 0 Å². The minimum Gasteiger partial charge on any atom is -0.389 e. The minimum atomic E-state index is -0.540. The number of rotatable bonds is 3. The summed E-state index contributed by atoms with van der Waals surface area (Å²) in [4.78, 5) is 0. The summed E-state index contributed by atoms with van der Waals surface area (Å²) in [6, 6.07) is 0. The fourth-order valence-electron chi connectivity index (χ4n) is 4.03. The zero-order chi connectivity index (χ0) is 12.5. The van der Waals surface area contributed by atoms with Gasteiger partial charge in [-0.25, -0.2) is 0 Å². The van der Waals surface area contributed by atoms with Crippen molar-refractivity contribution in [1.29, 1.82) is 0 Å². The van der Waals surface area contributed by atoms with Gasteiger partial charge >= 0.3 is 0 Å². The quantitative estimate of drug-likeness (QED) is 0.795. The van der Waals surface area contributed by atoms with Gasteiger partial charge in [0.05, 0.1) is 11.7 Å². The van der Waals surface area contributed by atoms with Crippen LogP contribution in [0, 0.1) is 11.3 Å². The summed E-state index contributed by atoms with van der Waals surface area (Å²) in [5, 5.41) is 11.0. The van der Waals surface area contributed by atoms with Crippen LogP contribution < -0.4 is 5.73 Å². The van der Waals surface area contributed by atoms with Gasteiger partial charge in [0.25, 0.3) is 0 Å². The molecule has 2 saturated carbocycles. The molecular formula is C14H27NO2. The Morgan fingerprint density at radius 2 is 1.88 bits per heavy atom. The summed E-state index contributed by atoms with van der Waals surface area (Å²) in [5.74, 6) is 0.711. The summed E-state index contributed by atoms with van der Waals surface area (Å²) in [5.41, 5.74) is 5.46. The monoisotopic (exact) mass is 241 g/mol. The first-order valence-corrected chi connectivity index (χ1v) is 7.00. The first-order chi connectivity index (χ1) is 8.05. The maximum absolute atomic E-state index is 11.0. The van der Waals surface area contributed by atoms with Crippen molar-refractivity contribution in [1.82, 2.24) is 0 Å². The molecule has 2 fully saturated rings. The van der Waals surface area contributed by atoms with E-state index in [2.05, 4.69) is 6.92 Å². The van der Waals surface area contributed by atoms with Crippen LogP contribution in [-0.4, -0.2) is 30.5 Å².